The number of benzene rings is 1. The van der Waals surface area contributed by atoms with E-state index in [0.717, 1.165) is 23.9 Å². The van der Waals surface area contributed by atoms with Gasteiger partial charge in [0.1, 0.15) is 6.61 Å². The van der Waals surface area contributed by atoms with Crippen LogP contribution in [0.15, 0.2) is 24.3 Å². The van der Waals surface area contributed by atoms with Crippen molar-refractivity contribution < 1.29 is 9.90 Å². The van der Waals surface area contributed by atoms with Crippen molar-refractivity contribution in [2.24, 2.45) is 11.8 Å². The SMILES string of the molecule is CC1CC(C)CN(Cc2ccc(CNC(=O)CO)cc2)C1. The molecule has 2 rings (SSSR count). The van der Waals surface area contributed by atoms with Gasteiger partial charge in [0.15, 0.2) is 0 Å². The highest BCUT2D eigenvalue weighted by molar-refractivity contribution is 5.76. The molecule has 0 spiro atoms. The van der Waals surface area contributed by atoms with Crippen molar-refractivity contribution in [3.8, 4) is 0 Å². The maximum atomic E-state index is 11.0. The molecule has 21 heavy (non-hydrogen) atoms. The summed E-state index contributed by atoms with van der Waals surface area (Å²) in [4.78, 5) is 13.5. The van der Waals surface area contributed by atoms with E-state index in [4.69, 9.17) is 5.11 Å². The number of nitrogens with one attached hydrogen (secondary N) is 1. The van der Waals surface area contributed by atoms with E-state index in [1.54, 1.807) is 0 Å². The summed E-state index contributed by atoms with van der Waals surface area (Å²) in [7, 11) is 0. The smallest absolute Gasteiger partial charge is 0.245 e. The molecule has 2 unspecified atom stereocenters. The van der Waals surface area contributed by atoms with Gasteiger partial charge in [-0.3, -0.25) is 9.69 Å². The van der Waals surface area contributed by atoms with E-state index in [1.807, 2.05) is 12.1 Å². The summed E-state index contributed by atoms with van der Waals surface area (Å²) in [6.45, 7) is 8.03. The van der Waals surface area contributed by atoms with E-state index in [2.05, 4.69) is 36.2 Å². The third kappa shape index (κ3) is 5.14. The molecule has 116 valence electrons. The predicted molar refractivity (Wildman–Crippen MR) is 83.6 cm³/mol. The molecular formula is C17H26N2O2. The van der Waals surface area contributed by atoms with Gasteiger partial charge in [-0.15, -0.1) is 0 Å². The molecule has 0 aliphatic carbocycles. The number of aliphatic hydroxyl groups excluding tert-OH is 1. The number of amides is 1. The lowest BCUT2D eigenvalue weighted by atomic mass is 9.91. The Morgan fingerprint density at radius 2 is 1.76 bits per heavy atom. The third-order valence-electron chi connectivity index (χ3n) is 4.01. The molecule has 1 aromatic carbocycles. The van der Waals surface area contributed by atoms with Gasteiger partial charge in [-0.05, 0) is 29.4 Å². The fourth-order valence-corrected chi connectivity index (χ4v) is 3.20. The van der Waals surface area contributed by atoms with Gasteiger partial charge in [0.25, 0.3) is 0 Å². The van der Waals surface area contributed by atoms with Crippen LogP contribution in [-0.2, 0) is 17.9 Å². The first-order valence-electron chi connectivity index (χ1n) is 7.74. The number of carbonyl (C=O) groups excluding carboxylic acids is 1. The molecule has 0 bridgehead atoms. The Kier molecular flexibility index (Phi) is 5.76. The highest BCUT2D eigenvalue weighted by atomic mass is 16.3. The third-order valence-corrected chi connectivity index (χ3v) is 4.01. The highest BCUT2D eigenvalue weighted by Crippen LogP contribution is 2.22. The molecule has 4 heteroatoms. The Labute approximate surface area is 127 Å². The van der Waals surface area contributed by atoms with Crippen LogP contribution in [-0.4, -0.2) is 35.6 Å². The summed E-state index contributed by atoms with van der Waals surface area (Å²) in [5.41, 5.74) is 2.37. The van der Waals surface area contributed by atoms with Gasteiger partial charge in [-0.25, -0.2) is 0 Å². The number of piperidine rings is 1. The van der Waals surface area contributed by atoms with Crippen molar-refractivity contribution in [3.63, 3.8) is 0 Å². The zero-order chi connectivity index (χ0) is 15.2. The van der Waals surface area contributed by atoms with Gasteiger partial charge >= 0.3 is 0 Å². The summed E-state index contributed by atoms with van der Waals surface area (Å²) >= 11 is 0. The summed E-state index contributed by atoms with van der Waals surface area (Å²) in [5.74, 6) is 1.22. The molecule has 0 aromatic heterocycles. The molecule has 1 aliphatic heterocycles. The highest BCUT2D eigenvalue weighted by Gasteiger charge is 2.21. The molecule has 1 amide bonds. The fraction of sp³-hybridized carbons (Fsp3) is 0.588. The van der Waals surface area contributed by atoms with Crippen LogP contribution in [0.4, 0.5) is 0 Å². The Hall–Kier alpha value is -1.39. The molecule has 2 N–H and O–H groups in total. The average Bonchev–Trinajstić information content (AvgIpc) is 2.45. The zero-order valence-electron chi connectivity index (χ0n) is 13.0. The van der Waals surface area contributed by atoms with E-state index in [9.17, 15) is 4.79 Å². The van der Waals surface area contributed by atoms with Crippen LogP contribution in [0.3, 0.4) is 0 Å². The molecule has 1 aliphatic rings. The Balaban J connectivity index is 1.85. The van der Waals surface area contributed by atoms with Crippen LogP contribution in [0, 0.1) is 11.8 Å². The second-order valence-corrected chi connectivity index (χ2v) is 6.39. The first kappa shape index (κ1) is 16.0. The number of hydrogen-bond acceptors (Lipinski definition) is 3. The molecule has 1 saturated heterocycles. The predicted octanol–water partition coefficient (Wildman–Crippen LogP) is 1.77. The summed E-state index contributed by atoms with van der Waals surface area (Å²) in [6, 6.07) is 8.35. The number of hydrogen-bond donors (Lipinski definition) is 2. The second-order valence-electron chi connectivity index (χ2n) is 6.39. The van der Waals surface area contributed by atoms with E-state index in [0.29, 0.717) is 6.54 Å². The lowest BCUT2D eigenvalue weighted by molar-refractivity contribution is -0.123. The van der Waals surface area contributed by atoms with Crippen molar-refractivity contribution in [3.05, 3.63) is 35.4 Å². The number of carbonyl (C=O) groups is 1. The van der Waals surface area contributed by atoms with Crippen molar-refractivity contribution in [2.75, 3.05) is 19.7 Å². The molecular weight excluding hydrogens is 264 g/mol. The van der Waals surface area contributed by atoms with Crippen LogP contribution in [0.2, 0.25) is 0 Å². The number of likely N-dealkylation sites (tertiary alicyclic amines) is 1. The Bertz CT molecular complexity index is 448. The van der Waals surface area contributed by atoms with Crippen molar-refractivity contribution in [1.29, 1.82) is 0 Å². The lowest BCUT2D eigenvalue weighted by Crippen LogP contribution is -2.38. The fourth-order valence-electron chi connectivity index (χ4n) is 3.20. The molecule has 1 fully saturated rings. The van der Waals surface area contributed by atoms with Gasteiger partial charge in [0.05, 0.1) is 0 Å². The summed E-state index contributed by atoms with van der Waals surface area (Å²) in [5, 5.41) is 11.3. The quantitative estimate of drug-likeness (QED) is 0.869. The topological polar surface area (TPSA) is 52.6 Å². The molecule has 1 heterocycles. The molecule has 0 radical (unpaired) electrons. The van der Waals surface area contributed by atoms with Gasteiger partial charge in [0, 0.05) is 26.2 Å². The standard InChI is InChI=1S/C17H26N2O2/c1-13-7-14(2)10-19(9-13)11-16-5-3-15(4-6-16)8-18-17(21)12-20/h3-6,13-14,20H,7-12H2,1-2H3,(H,18,21). The van der Waals surface area contributed by atoms with Crippen LogP contribution in [0.25, 0.3) is 0 Å². The monoisotopic (exact) mass is 290 g/mol. The lowest BCUT2D eigenvalue weighted by Gasteiger charge is -2.35. The summed E-state index contributed by atoms with van der Waals surface area (Å²) < 4.78 is 0. The Morgan fingerprint density at radius 1 is 1.19 bits per heavy atom. The maximum Gasteiger partial charge on any atom is 0.245 e. The van der Waals surface area contributed by atoms with Gasteiger partial charge in [0.2, 0.25) is 5.91 Å². The van der Waals surface area contributed by atoms with Crippen LogP contribution in [0.5, 0.6) is 0 Å². The van der Waals surface area contributed by atoms with Gasteiger partial charge in [-0.1, -0.05) is 38.1 Å². The van der Waals surface area contributed by atoms with Gasteiger partial charge < -0.3 is 10.4 Å². The average molecular weight is 290 g/mol. The van der Waals surface area contributed by atoms with Crippen molar-refractivity contribution in [2.45, 2.75) is 33.4 Å². The minimum absolute atomic E-state index is 0.338. The van der Waals surface area contributed by atoms with Crippen molar-refractivity contribution >= 4 is 5.91 Å². The van der Waals surface area contributed by atoms with E-state index in [1.165, 1.54) is 25.1 Å². The number of aliphatic hydroxyl groups is 1. The largest absolute Gasteiger partial charge is 0.387 e. The van der Waals surface area contributed by atoms with E-state index in [-0.39, 0.29) is 5.91 Å². The van der Waals surface area contributed by atoms with Crippen molar-refractivity contribution in [1.82, 2.24) is 10.2 Å². The van der Waals surface area contributed by atoms with Crippen LogP contribution >= 0.6 is 0 Å². The molecule has 2 atom stereocenters. The number of nitrogens with zero attached hydrogens (tertiary/aromatic N) is 1. The second kappa shape index (κ2) is 7.57. The van der Waals surface area contributed by atoms with E-state index >= 15 is 0 Å². The normalized spacial score (nSPS) is 23.0. The minimum Gasteiger partial charge on any atom is -0.387 e. The maximum absolute atomic E-state index is 11.0. The Morgan fingerprint density at radius 3 is 2.33 bits per heavy atom. The summed E-state index contributed by atoms with van der Waals surface area (Å²) in [6.07, 6.45) is 1.33. The van der Waals surface area contributed by atoms with Gasteiger partial charge in [-0.2, -0.15) is 0 Å². The zero-order valence-corrected chi connectivity index (χ0v) is 13.0. The van der Waals surface area contributed by atoms with Crippen LogP contribution in [0.1, 0.15) is 31.4 Å². The first-order valence-corrected chi connectivity index (χ1v) is 7.74. The first-order chi connectivity index (χ1) is 10.1. The van der Waals surface area contributed by atoms with E-state index < -0.39 is 6.61 Å². The molecule has 4 nitrogen and oxygen atoms in total. The number of rotatable bonds is 5. The molecule has 1 aromatic rings. The van der Waals surface area contributed by atoms with Crippen LogP contribution < -0.4 is 5.32 Å². The minimum atomic E-state index is -0.455. The molecule has 0 saturated carbocycles.